The van der Waals surface area contributed by atoms with Gasteiger partial charge in [-0.3, -0.25) is 0 Å². The van der Waals surface area contributed by atoms with Crippen molar-refractivity contribution in [2.75, 3.05) is 14.2 Å². The van der Waals surface area contributed by atoms with Gasteiger partial charge in [-0.25, -0.2) is 4.79 Å². The monoisotopic (exact) mass is 230 g/mol. The molecular weight excluding hydrogens is 220 g/mol. The number of hydrogen-bond acceptors (Lipinski definition) is 4. The summed E-state index contributed by atoms with van der Waals surface area (Å²) in [6.07, 6.45) is -0.792. The Morgan fingerprint density at radius 1 is 1.33 bits per heavy atom. The van der Waals surface area contributed by atoms with Gasteiger partial charge in [-0.05, 0) is 17.7 Å². The van der Waals surface area contributed by atoms with Crippen LogP contribution >= 0.6 is 11.6 Å². The van der Waals surface area contributed by atoms with E-state index in [1.165, 1.54) is 14.2 Å². The fourth-order valence-electron chi connectivity index (χ4n) is 1.02. The molecule has 0 amide bonds. The molecule has 0 heterocycles. The third kappa shape index (κ3) is 3.02. The molecule has 0 aromatic heterocycles. The first-order chi connectivity index (χ1) is 7.21. The molecular formula is C10H11ClO4. The van der Waals surface area contributed by atoms with Gasteiger partial charge in [0, 0.05) is 5.88 Å². The molecule has 0 atom stereocenters. The number of rotatable bonds is 3. The minimum Gasteiger partial charge on any atom is -0.493 e. The standard InChI is InChI=1S/C10H11ClO4/c1-13-8-4-3-7(6-11)5-9(8)15-10(12)14-2/h3-5H,6H2,1-2H3. The fraction of sp³-hybridized carbons (Fsp3) is 0.300. The van der Waals surface area contributed by atoms with Crippen molar-refractivity contribution >= 4 is 17.8 Å². The molecule has 0 saturated carbocycles. The van der Waals surface area contributed by atoms with Gasteiger partial charge in [0.2, 0.25) is 0 Å². The van der Waals surface area contributed by atoms with E-state index in [0.717, 1.165) is 5.56 Å². The molecule has 5 heteroatoms. The van der Waals surface area contributed by atoms with Crippen molar-refractivity contribution in [3.8, 4) is 11.5 Å². The summed E-state index contributed by atoms with van der Waals surface area (Å²) in [4.78, 5) is 10.9. The molecule has 0 radical (unpaired) electrons. The van der Waals surface area contributed by atoms with E-state index in [-0.39, 0.29) is 0 Å². The smallest absolute Gasteiger partial charge is 0.493 e. The maximum Gasteiger partial charge on any atom is 0.513 e. The number of carbonyl (C=O) groups excluding carboxylic acids is 1. The number of methoxy groups -OCH3 is 2. The van der Waals surface area contributed by atoms with Gasteiger partial charge in [-0.1, -0.05) is 6.07 Å². The van der Waals surface area contributed by atoms with Crippen molar-refractivity contribution in [1.29, 1.82) is 0 Å². The normalized spacial score (nSPS) is 9.53. The first-order valence-electron chi connectivity index (χ1n) is 4.20. The van der Waals surface area contributed by atoms with Crippen molar-refractivity contribution in [3.05, 3.63) is 23.8 Å². The number of halogens is 1. The van der Waals surface area contributed by atoms with Crippen LogP contribution in [0.25, 0.3) is 0 Å². The summed E-state index contributed by atoms with van der Waals surface area (Å²) in [5, 5.41) is 0. The number of alkyl halides is 1. The third-order valence-electron chi connectivity index (χ3n) is 1.74. The van der Waals surface area contributed by atoms with Gasteiger partial charge in [0.1, 0.15) is 0 Å². The topological polar surface area (TPSA) is 44.8 Å². The predicted molar refractivity (Wildman–Crippen MR) is 55.6 cm³/mol. The maximum absolute atomic E-state index is 10.9. The Bertz CT molecular complexity index is 351. The van der Waals surface area contributed by atoms with Crippen LogP contribution in [-0.2, 0) is 10.6 Å². The number of hydrogen-bond donors (Lipinski definition) is 0. The van der Waals surface area contributed by atoms with Gasteiger partial charge >= 0.3 is 6.16 Å². The van der Waals surface area contributed by atoms with Crippen LogP contribution in [-0.4, -0.2) is 20.4 Å². The largest absolute Gasteiger partial charge is 0.513 e. The molecule has 0 N–H and O–H groups in total. The predicted octanol–water partition coefficient (Wildman–Crippen LogP) is 2.58. The lowest BCUT2D eigenvalue weighted by Crippen LogP contribution is -2.08. The minimum atomic E-state index is -0.792. The van der Waals surface area contributed by atoms with E-state index in [4.69, 9.17) is 21.1 Å². The highest BCUT2D eigenvalue weighted by Gasteiger charge is 2.10. The Labute approximate surface area is 92.7 Å². The van der Waals surface area contributed by atoms with Crippen LogP contribution in [0.4, 0.5) is 4.79 Å². The van der Waals surface area contributed by atoms with E-state index in [9.17, 15) is 4.79 Å². The fourth-order valence-corrected chi connectivity index (χ4v) is 1.18. The van der Waals surface area contributed by atoms with Gasteiger partial charge in [0.05, 0.1) is 14.2 Å². The first kappa shape index (κ1) is 11.7. The molecule has 0 bridgehead atoms. The second kappa shape index (κ2) is 5.46. The molecule has 1 aromatic rings. The molecule has 0 aliphatic heterocycles. The zero-order valence-corrected chi connectivity index (χ0v) is 9.21. The number of carbonyl (C=O) groups is 1. The van der Waals surface area contributed by atoms with Gasteiger partial charge in [0.15, 0.2) is 11.5 Å². The Kier molecular flexibility index (Phi) is 4.24. The molecule has 15 heavy (non-hydrogen) atoms. The van der Waals surface area contributed by atoms with Crippen LogP contribution in [0.2, 0.25) is 0 Å². The van der Waals surface area contributed by atoms with Crippen molar-refractivity contribution in [3.63, 3.8) is 0 Å². The van der Waals surface area contributed by atoms with E-state index in [1.54, 1.807) is 18.2 Å². The molecule has 82 valence electrons. The van der Waals surface area contributed by atoms with Crippen molar-refractivity contribution in [2.24, 2.45) is 0 Å². The quantitative estimate of drug-likeness (QED) is 0.455. The van der Waals surface area contributed by atoms with Crippen molar-refractivity contribution in [1.82, 2.24) is 0 Å². The molecule has 1 aromatic carbocycles. The Morgan fingerprint density at radius 2 is 2.07 bits per heavy atom. The van der Waals surface area contributed by atoms with Gasteiger partial charge in [-0.15, -0.1) is 11.6 Å². The Hall–Kier alpha value is -1.42. The number of benzene rings is 1. The van der Waals surface area contributed by atoms with E-state index in [1.807, 2.05) is 0 Å². The summed E-state index contributed by atoms with van der Waals surface area (Å²) in [6.45, 7) is 0. The average molecular weight is 231 g/mol. The van der Waals surface area contributed by atoms with Crippen LogP contribution in [0.3, 0.4) is 0 Å². The van der Waals surface area contributed by atoms with Gasteiger partial charge in [0.25, 0.3) is 0 Å². The molecule has 0 unspecified atom stereocenters. The highest BCUT2D eigenvalue weighted by Crippen LogP contribution is 2.28. The lowest BCUT2D eigenvalue weighted by molar-refractivity contribution is 0.120. The van der Waals surface area contributed by atoms with Crippen molar-refractivity contribution < 1.29 is 19.0 Å². The molecule has 0 aliphatic rings. The van der Waals surface area contributed by atoms with Crippen LogP contribution in [0.5, 0.6) is 11.5 Å². The van der Waals surface area contributed by atoms with Crippen LogP contribution < -0.4 is 9.47 Å². The Balaban J connectivity index is 2.95. The lowest BCUT2D eigenvalue weighted by atomic mass is 10.2. The summed E-state index contributed by atoms with van der Waals surface area (Å²) in [5.74, 6) is 1.08. The van der Waals surface area contributed by atoms with E-state index >= 15 is 0 Å². The third-order valence-corrected chi connectivity index (χ3v) is 2.05. The molecule has 4 nitrogen and oxygen atoms in total. The number of ether oxygens (including phenoxy) is 3. The van der Waals surface area contributed by atoms with Crippen molar-refractivity contribution in [2.45, 2.75) is 5.88 Å². The highest BCUT2D eigenvalue weighted by atomic mass is 35.5. The van der Waals surface area contributed by atoms with Gasteiger partial charge < -0.3 is 14.2 Å². The first-order valence-corrected chi connectivity index (χ1v) is 4.73. The zero-order chi connectivity index (χ0) is 11.3. The van der Waals surface area contributed by atoms with E-state index in [2.05, 4.69) is 4.74 Å². The second-order valence-electron chi connectivity index (χ2n) is 2.68. The molecule has 0 saturated heterocycles. The summed E-state index contributed by atoms with van der Waals surface area (Å²) < 4.78 is 14.3. The van der Waals surface area contributed by atoms with E-state index < -0.39 is 6.16 Å². The summed E-state index contributed by atoms with van der Waals surface area (Å²) in [5.41, 5.74) is 0.830. The minimum absolute atomic E-state index is 0.294. The maximum atomic E-state index is 10.9. The molecule has 0 spiro atoms. The van der Waals surface area contributed by atoms with E-state index in [0.29, 0.717) is 17.4 Å². The van der Waals surface area contributed by atoms with Crippen LogP contribution in [0.1, 0.15) is 5.56 Å². The molecule has 0 aliphatic carbocycles. The highest BCUT2D eigenvalue weighted by molar-refractivity contribution is 6.17. The van der Waals surface area contributed by atoms with Gasteiger partial charge in [-0.2, -0.15) is 0 Å². The zero-order valence-electron chi connectivity index (χ0n) is 8.45. The Morgan fingerprint density at radius 3 is 2.60 bits per heavy atom. The SMILES string of the molecule is COC(=O)Oc1cc(CCl)ccc1OC. The molecule has 0 fully saturated rings. The summed E-state index contributed by atoms with van der Waals surface area (Å²) >= 11 is 5.65. The average Bonchev–Trinajstić information content (AvgIpc) is 2.28. The molecule has 1 rings (SSSR count). The van der Waals surface area contributed by atoms with Crippen LogP contribution in [0.15, 0.2) is 18.2 Å². The lowest BCUT2D eigenvalue weighted by Gasteiger charge is -2.08. The second-order valence-corrected chi connectivity index (χ2v) is 2.94. The van der Waals surface area contributed by atoms with Crippen LogP contribution in [0, 0.1) is 0 Å². The summed E-state index contributed by atoms with van der Waals surface area (Å²) in [6, 6.07) is 5.09. The summed E-state index contributed by atoms with van der Waals surface area (Å²) in [7, 11) is 2.72.